The minimum atomic E-state index is -0.836. The summed E-state index contributed by atoms with van der Waals surface area (Å²) in [6, 6.07) is 0. The molecule has 38 heavy (non-hydrogen) atoms. The molecule has 4 radical (unpaired) electrons. The van der Waals surface area contributed by atoms with Crippen molar-refractivity contribution in [2.45, 2.75) is 128 Å². The third kappa shape index (κ3) is 105. The van der Waals surface area contributed by atoms with Gasteiger partial charge in [0.05, 0.1) is 0 Å². The van der Waals surface area contributed by atoms with Crippen LogP contribution in [0, 0.1) is 31.6 Å². The molecule has 0 rings (SSSR count). The minimum Gasteiger partial charge on any atom is -0.335 e. The summed E-state index contributed by atoms with van der Waals surface area (Å²) < 4.78 is 0. The smallest absolute Gasteiger partial charge is 0 e. The summed E-state index contributed by atoms with van der Waals surface area (Å²) in [6.07, 6.45) is 21.6. The van der Waals surface area contributed by atoms with Gasteiger partial charge in [0.2, 0.25) is 0 Å². The molecule has 0 spiro atoms. The monoisotopic (exact) mass is 896 g/mol. The van der Waals surface area contributed by atoms with Gasteiger partial charge in [0.1, 0.15) is 0 Å². The Morgan fingerprint density at radius 3 is 0.737 bits per heavy atom. The van der Waals surface area contributed by atoms with Crippen molar-refractivity contribution >= 4 is 40.9 Å². The molecule has 0 amide bonds. The molecule has 0 aliphatic rings. The summed E-state index contributed by atoms with van der Waals surface area (Å²) in [5.74, 6) is 0.858. The predicted molar refractivity (Wildman–Crippen MR) is 190 cm³/mol. The Balaban J connectivity index is -0.0000000256. The van der Waals surface area contributed by atoms with Gasteiger partial charge in [-0.15, -0.1) is 40.9 Å². The number of hydrogen-bond donors (Lipinski definition) is 0. The molecule has 230 valence electrons. The van der Waals surface area contributed by atoms with E-state index in [4.69, 9.17) is 0 Å². The van der Waals surface area contributed by atoms with Gasteiger partial charge in [0.25, 0.3) is 0 Å². The summed E-state index contributed by atoms with van der Waals surface area (Å²) in [5.41, 5.74) is 2.42. The molecule has 0 saturated carbocycles. The van der Waals surface area contributed by atoms with E-state index in [1.165, 1.54) is 6.16 Å². The summed E-state index contributed by atoms with van der Waals surface area (Å²) in [5, 5.41) is 0. The molecule has 0 aliphatic carbocycles. The first-order chi connectivity index (χ1) is 15.3. The third-order valence-electron chi connectivity index (χ3n) is 4.10. The Kier molecular flexibility index (Phi) is 120. The van der Waals surface area contributed by atoms with Gasteiger partial charge in [-0.25, -0.2) is 0 Å². The normalized spacial score (nSPS) is 10.2. The Bertz CT molecular complexity index is 403. The zero-order valence-electron chi connectivity index (χ0n) is 30.2. The van der Waals surface area contributed by atoms with Crippen LogP contribution in [0.15, 0.2) is 0 Å². The van der Waals surface area contributed by atoms with Crippen LogP contribution in [0.3, 0.4) is 0 Å². The van der Waals surface area contributed by atoms with E-state index in [-0.39, 0.29) is 146 Å². The zero-order valence-corrected chi connectivity index (χ0v) is 44.5. The van der Waals surface area contributed by atoms with E-state index in [9.17, 15) is 0 Å². The number of rotatable bonds is 5. The zero-order chi connectivity index (χ0) is 29.5. The first kappa shape index (κ1) is 74.3. The number of hydrogen-bond acceptors (Lipinski definition) is 0. The molecular formula is C31H75P3Y4-4. The topological polar surface area (TPSA) is 0 Å². The fourth-order valence-electron chi connectivity index (χ4n) is 1.29. The van der Waals surface area contributed by atoms with Crippen LogP contribution in [0.25, 0.3) is 0 Å². The van der Waals surface area contributed by atoms with Gasteiger partial charge < -0.3 is 25.7 Å². The molecule has 0 saturated heterocycles. The van der Waals surface area contributed by atoms with Crippen LogP contribution < -0.4 is 0 Å². The van der Waals surface area contributed by atoms with Crippen LogP contribution >= 0.6 is 22.0 Å². The fraction of sp³-hybridized carbons (Fsp3) is 0.774. The Morgan fingerprint density at radius 2 is 0.737 bits per heavy atom. The van der Waals surface area contributed by atoms with Gasteiger partial charge in [-0.3, -0.25) is 0 Å². The van der Waals surface area contributed by atoms with Crippen molar-refractivity contribution in [2.75, 3.05) is 26.2 Å². The molecule has 7 heteroatoms. The molecule has 0 fully saturated rings. The van der Waals surface area contributed by atoms with Crippen molar-refractivity contribution in [3.8, 4) is 0 Å². The van der Waals surface area contributed by atoms with Gasteiger partial charge in [-0.2, -0.15) is 55.4 Å². The second-order valence-corrected chi connectivity index (χ2v) is 20.3. The molecule has 0 nitrogen and oxygen atoms in total. The van der Waals surface area contributed by atoms with Crippen molar-refractivity contribution in [3.05, 3.63) is 25.7 Å². The second kappa shape index (κ2) is 61.3. The fourth-order valence-corrected chi connectivity index (χ4v) is 3.88. The first-order valence-corrected chi connectivity index (χ1v) is 20.5. The van der Waals surface area contributed by atoms with Crippen LogP contribution in [0.1, 0.15) is 111 Å². The van der Waals surface area contributed by atoms with Gasteiger partial charge in [0, 0.05) is 131 Å². The maximum Gasteiger partial charge on any atom is 0 e. The van der Waals surface area contributed by atoms with E-state index in [1.807, 2.05) is 81.1 Å². The molecule has 0 aromatic carbocycles. The quantitative estimate of drug-likeness (QED) is 0.191. The second-order valence-electron chi connectivity index (χ2n) is 10.4. The van der Waals surface area contributed by atoms with Crippen molar-refractivity contribution in [1.29, 1.82) is 0 Å². The maximum atomic E-state index is 4.28. The largest absolute Gasteiger partial charge is 0.335 e. The average molecular weight is 896 g/mol. The Morgan fingerprint density at radius 1 is 0.579 bits per heavy atom. The van der Waals surface area contributed by atoms with Crippen LogP contribution in [0.4, 0.5) is 0 Å². The first-order valence-electron chi connectivity index (χ1n) is 13.3. The standard InChI is InChI=1S/C8H19P.C6H15P.C5H13P.4C3H7.4Y/c1-7(2)9(5,6)8(3)4;1-6(2)5-7(3)4;1-5(2)6(3)4;4*1-3-2;;;;/h7-8H,5H2,1-4,6H3;6-7H,3,5H2,1-2,4H3;5-6H,3H2,1-2,4H3;4*3H,1-2H3;;;;/q;;;4*-1;;;;. The van der Waals surface area contributed by atoms with E-state index in [1.54, 1.807) is 0 Å². The van der Waals surface area contributed by atoms with Crippen LogP contribution in [-0.2, 0) is 131 Å². The molecular weight excluding hydrogens is 821 g/mol. The van der Waals surface area contributed by atoms with Crippen LogP contribution in [0.2, 0.25) is 0 Å². The predicted octanol–water partition coefficient (Wildman–Crippen LogP) is 11.4. The molecule has 2 atom stereocenters. The van der Waals surface area contributed by atoms with Crippen molar-refractivity contribution in [1.82, 2.24) is 0 Å². The summed E-state index contributed by atoms with van der Waals surface area (Å²) in [4.78, 5) is 0. The van der Waals surface area contributed by atoms with E-state index >= 15 is 0 Å². The third-order valence-corrected chi connectivity index (χ3v) is 12.3. The van der Waals surface area contributed by atoms with Crippen molar-refractivity contribution in [2.24, 2.45) is 5.92 Å². The van der Waals surface area contributed by atoms with Gasteiger partial charge in [-0.1, -0.05) is 55.4 Å². The van der Waals surface area contributed by atoms with E-state index in [0.717, 1.165) is 22.9 Å². The summed E-state index contributed by atoms with van der Waals surface area (Å²) in [7, 11) is -0.386. The Labute approximate surface area is 351 Å². The summed E-state index contributed by atoms with van der Waals surface area (Å²) >= 11 is 0. The van der Waals surface area contributed by atoms with E-state index in [0.29, 0.717) is 0 Å². The van der Waals surface area contributed by atoms with Crippen molar-refractivity contribution in [3.63, 3.8) is 0 Å². The SMILES string of the molecule is C=P(C)(C(C)C)C(C)C.C=[PH](C)C(C)C.C=[PH](C)CC(C)C.C[CH-]C.C[CH-]C.C[CH-]C.C[CH-]C.[Y].[Y].[Y].[Y]. The molecule has 0 aliphatic heterocycles. The molecule has 2 unspecified atom stereocenters. The maximum absolute atomic E-state index is 4.28. The van der Waals surface area contributed by atoms with E-state index < -0.39 is 6.89 Å². The Hall–Kier alpha value is 5.32. The van der Waals surface area contributed by atoms with Gasteiger partial charge >= 0.3 is 0 Å². The van der Waals surface area contributed by atoms with Gasteiger partial charge in [-0.05, 0) is 49.1 Å². The molecule has 0 bridgehead atoms. The minimum absolute atomic E-state index is 0. The molecule has 0 N–H and O–H groups in total. The van der Waals surface area contributed by atoms with E-state index in [2.05, 4.69) is 94.3 Å². The molecule has 0 aromatic heterocycles. The molecule has 0 aromatic rings. The van der Waals surface area contributed by atoms with Crippen LogP contribution in [0.5, 0.6) is 0 Å². The van der Waals surface area contributed by atoms with Gasteiger partial charge in [0.15, 0.2) is 0 Å². The summed E-state index contributed by atoms with van der Waals surface area (Å²) in [6.45, 7) is 40.0. The molecule has 0 heterocycles. The van der Waals surface area contributed by atoms with Crippen LogP contribution in [-0.4, -0.2) is 62.0 Å². The van der Waals surface area contributed by atoms with Crippen molar-refractivity contribution < 1.29 is 131 Å². The average Bonchev–Trinajstić information content (AvgIpc) is 2.63.